The van der Waals surface area contributed by atoms with E-state index in [0.717, 1.165) is 23.3 Å². The number of rotatable bonds is 5. The zero-order chi connectivity index (χ0) is 23.8. The fourth-order valence-electron chi connectivity index (χ4n) is 3.85. The number of aromatic nitrogens is 2. The Morgan fingerprint density at radius 3 is 2.48 bits per heavy atom. The molecule has 6 nitrogen and oxygen atoms in total. The first-order chi connectivity index (χ1) is 15.6. The molecule has 1 aromatic heterocycles. The summed E-state index contributed by atoms with van der Waals surface area (Å²) in [6.45, 7) is 4.31. The van der Waals surface area contributed by atoms with Crippen molar-refractivity contribution >= 4 is 11.7 Å². The second-order valence-corrected chi connectivity index (χ2v) is 8.19. The van der Waals surface area contributed by atoms with Crippen LogP contribution in [0.3, 0.4) is 0 Å². The first-order valence-electron chi connectivity index (χ1n) is 10.5. The molecule has 9 heteroatoms. The molecule has 1 aliphatic heterocycles. The van der Waals surface area contributed by atoms with E-state index in [1.54, 1.807) is 6.07 Å². The highest BCUT2D eigenvalue weighted by atomic mass is 19.4. The molecule has 3 N–H and O–H groups in total. The lowest BCUT2D eigenvalue weighted by Gasteiger charge is -2.27. The van der Waals surface area contributed by atoms with Crippen molar-refractivity contribution in [3.63, 3.8) is 0 Å². The highest BCUT2D eigenvalue weighted by Gasteiger charge is 2.31. The van der Waals surface area contributed by atoms with Gasteiger partial charge in [-0.25, -0.2) is 9.97 Å². The van der Waals surface area contributed by atoms with Gasteiger partial charge in [0, 0.05) is 29.2 Å². The number of fused-ring (bicyclic) bond motifs is 1. The van der Waals surface area contributed by atoms with E-state index in [-0.39, 0.29) is 17.7 Å². The van der Waals surface area contributed by atoms with Crippen molar-refractivity contribution in [3.05, 3.63) is 70.9 Å². The molecule has 1 amide bonds. The number of halogens is 3. The van der Waals surface area contributed by atoms with E-state index in [2.05, 4.69) is 15.3 Å². The number of benzene rings is 2. The zero-order valence-corrected chi connectivity index (χ0v) is 18.1. The molecule has 0 aliphatic carbocycles. The minimum absolute atomic E-state index is 0.0874. The average molecular weight is 456 g/mol. The first kappa shape index (κ1) is 22.6. The number of nitrogens with one attached hydrogen (secondary N) is 1. The van der Waals surface area contributed by atoms with Crippen molar-refractivity contribution < 1.29 is 22.7 Å². The number of hydrogen-bond acceptors (Lipinski definition) is 5. The van der Waals surface area contributed by atoms with E-state index < -0.39 is 17.6 Å². The second-order valence-electron chi connectivity index (χ2n) is 8.19. The number of carbonyl (C=O) groups is 1. The summed E-state index contributed by atoms with van der Waals surface area (Å²) in [6.07, 6.45) is -3.72. The van der Waals surface area contributed by atoms with Gasteiger partial charge in [0.25, 0.3) is 5.91 Å². The fourth-order valence-corrected chi connectivity index (χ4v) is 3.85. The van der Waals surface area contributed by atoms with Gasteiger partial charge in [-0.2, -0.15) is 13.2 Å². The number of hydrogen-bond donors (Lipinski definition) is 2. The third-order valence-corrected chi connectivity index (χ3v) is 5.37. The van der Waals surface area contributed by atoms with Crippen LogP contribution in [0.2, 0.25) is 0 Å². The highest BCUT2D eigenvalue weighted by Crippen LogP contribution is 2.40. The van der Waals surface area contributed by atoms with Gasteiger partial charge in [-0.1, -0.05) is 24.3 Å². The molecule has 0 radical (unpaired) electrons. The first-order valence-corrected chi connectivity index (χ1v) is 10.5. The van der Waals surface area contributed by atoms with Gasteiger partial charge < -0.3 is 15.8 Å². The summed E-state index contributed by atoms with van der Waals surface area (Å²) in [5.74, 6) is 0.640. The molecule has 3 aromatic rings. The molecule has 33 heavy (non-hydrogen) atoms. The van der Waals surface area contributed by atoms with Crippen LogP contribution in [0.25, 0.3) is 11.4 Å². The second kappa shape index (κ2) is 8.73. The summed E-state index contributed by atoms with van der Waals surface area (Å²) in [7, 11) is 0. The molecule has 0 spiro atoms. The summed E-state index contributed by atoms with van der Waals surface area (Å²) >= 11 is 0. The Bertz CT molecular complexity index is 1180. The Hall–Kier alpha value is -3.62. The van der Waals surface area contributed by atoms with Crippen LogP contribution in [0.1, 0.15) is 53.4 Å². The van der Waals surface area contributed by atoms with Crippen molar-refractivity contribution in [3.8, 4) is 17.1 Å². The van der Waals surface area contributed by atoms with Crippen LogP contribution in [-0.2, 0) is 6.18 Å². The summed E-state index contributed by atoms with van der Waals surface area (Å²) < 4.78 is 44.6. The predicted molar refractivity (Wildman–Crippen MR) is 118 cm³/mol. The highest BCUT2D eigenvalue weighted by molar-refractivity contribution is 5.92. The van der Waals surface area contributed by atoms with Crippen LogP contribution < -0.4 is 15.8 Å². The average Bonchev–Trinajstić information content (AvgIpc) is 2.77. The van der Waals surface area contributed by atoms with Gasteiger partial charge in [0.2, 0.25) is 0 Å². The van der Waals surface area contributed by atoms with Gasteiger partial charge in [0.1, 0.15) is 17.3 Å². The van der Waals surface area contributed by atoms with Crippen molar-refractivity contribution in [1.82, 2.24) is 9.97 Å². The summed E-state index contributed by atoms with van der Waals surface area (Å²) in [5, 5.41) is 3.15. The van der Waals surface area contributed by atoms with Gasteiger partial charge >= 0.3 is 6.18 Å². The van der Waals surface area contributed by atoms with Gasteiger partial charge in [0.05, 0.1) is 12.2 Å². The molecule has 1 unspecified atom stereocenters. The lowest BCUT2D eigenvalue weighted by Crippen LogP contribution is -2.18. The zero-order valence-electron chi connectivity index (χ0n) is 18.1. The van der Waals surface area contributed by atoms with Crippen LogP contribution in [0.15, 0.2) is 48.5 Å². The SMILES string of the molecule is CC(C)Nc1cc(C(N)=O)nc(-c2ccc3c(c2)OCCC3c2ccc(C(F)(F)F)cc2)n1. The molecule has 1 atom stereocenters. The number of anilines is 1. The Morgan fingerprint density at radius 1 is 1.12 bits per heavy atom. The maximum Gasteiger partial charge on any atom is 0.416 e. The third kappa shape index (κ3) is 4.92. The van der Waals surface area contributed by atoms with Crippen LogP contribution >= 0.6 is 0 Å². The summed E-state index contributed by atoms with van der Waals surface area (Å²) in [4.78, 5) is 20.5. The lowest BCUT2D eigenvalue weighted by molar-refractivity contribution is -0.137. The van der Waals surface area contributed by atoms with E-state index in [0.29, 0.717) is 36.0 Å². The van der Waals surface area contributed by atoms with Crippen LogP contribution in [0.4, 0.5) is 19.0 Å². The quantitative estimate of drug-likeness (QED) is 0.564. The van der Waals surface area contributed by atoms with Gasteiger partial charge in [-0.05, 0) is 44.0 Å². The third-order valence-electron chi connectivity index (χ3n) is 5.37. The van der Waals surface area contributed by atoms with E-state index in [1.807, 2.05) is 26.0 Å². The molecule has 0 saturated heterocycles. The molecule has 2 heterocycles. The predicted octanol–water partition coefficient (Wildman–Crippen LogP) is 5.00. The number of ether oxygens (including phenoxy) is 1. The Kier molecular flexibility index (Phi) is 5.97. The van der Waals surface area contributed by atoms with E-state index in [4.69, 9.17) is 10.5 Å². The summed E-state index contributed by atoms with van der Waals surface area (Å²) in [5.41, 5.74) is 7.15. The number of carbonyl (C=O) groups excluding carboxylic acids is 1. The largest absolute Gasteiger partial charge is 0.493 e. The maximum absolute atomic E-state index is 12.9. The number of alkyl halides is 3. The fraction of sp³-hybridized carbons (Fsp3) is 0.292. The van der Waals surface area contributed by atoms with Crippen LogP contribution in [0, 0.1) is 0 Å². The maximum atomic E-state index is 12.9. The Labute approximate surface area is 189 Å². The number of nitrogens with zero attached hydrogens (tertiary/aromatic N) is 2. The van der Waals surface area contributed by atoms with Crippen LogP contribution in [0.5, 0.6) is 5.75 Å². The molecule has 172 valence electrons. The van der Waals surface area contributed by atoms with Crippen molar-refractivity contribution in [2.45, 2.75) is 38.4 Å². The molecule has 0 fully saturated rings. The Balaban J connectivity index is 1.69. The van der Waals surface area contributed by atoms with Gasteiger partial charge in [-0.15, -0.1) is 0 Å². The molecular formula is C24H23F3N4O2. The summed E-state index contributed by atoms with van der Waals surface area (Å²) in [6, 6.07) is 12.3. The topological polar surface area (TPSA) is 90.1 Å². The minimum atomic E-state index is -4.37. The van der Waals surface area contributed by atoms with Gasteiger partial charge in [0.15, 0.2) is 5.82 Å². The van der Waals surface area contributed by atoms with E-state index in [1.165, 1.54) is 18.2 Å². The molecule has 1 aliphatic rings. The number of amides is 1. The van der Waals surface area contributed by atoms with Crippen molar-refractivity contribution in [1.29, 1.82) is 0 Å². The Morgan fingerprint density at radius 2 is 1.85 bits per heavy atom. The minimum Gasteiger partial charge on any atom is -0.493 e. The van der Waals surface area contributed by atoms with Crippen molar-refractivity contribution in [2.75, 3.05) is 11.9 Å². The monoisotopic (exact) mass is 456 g/mol. The smallest absolute Gasteiger partial charge is 0.416 e. The standard InChI is InChI=1S/C24H23F3N4O2/c1-13(2)29-21-12-19(22(28)32)30-23(31-21)15-5-8-18-17(9-10-33-20(18)11-15)14-3-6-16(7-4-14)24(25,26)27/h3-8,11-13,17H,9-10H2,1-2H3,(H2,28,32)(H,29,30,31). The van der Waals surface area contributed by atoms with E-state index >= 15 is 0 Å². The number of primary amides is 1. The number of nitrogens with two attached hydrogens (primary N) is 1. The normalized spacial score (nSPS) is 15.6. The van der Waals surface area contributed by atoms with E-state index in [9.17, 15) is 18.0 Å². The molecule has 0 bridgehead atoms. The van der Waals surface area contributed by atoms with Gasteiger partial charge in [-0.3, -0.25) is 4.79 Å². The van der Waals surface area contributed by atoms with Crippen LogP contribution in [-0.4, -0.2) is 28.5 Å². The van der Waals surface area contributed by atoms with Crippen molar-refractivity contribution in [2.24, 2.45) is 5.73 Å². The molecule has 2 aromatic carbocycles. The molecule has 4 rings (SSSR count). The molecule has 0 saturated carbocycles. The molecular weight excluding hydrogens is 433 g/mol. The lowest BCUT2D eigenvalue weighted by atomic mass is 9.86.